The summed E-state index contributed by atoms with van der Waals surface area (Å²) in [7, 11) is 1.94. The molecule has 0 bridgehead atoms. The molecule has 0 amide bonds. The minimum absolute atomic E-state index is 0.0750. The zero-order chi connectivity index (χ0) is 14.8. The highest BCUT2D eigenvalue weighted by atomic mass is 15.3. The molecule has 1 heterocycles. The summed E-state index contributed by atoms with van der Waals surface area (Å²) in [6.07, 6.45) is 1.87. The van der Waals surface area contributed by atoms with Gasteiger partial charge in [0.25, 0.3) is 0 Å². The Kier molecular flexibility index (Phi) is 4.02. The van der Waals surface area contributed by atoms with E-state index in [9.17, 15) is 0 Å². The first-order chi connectivity index (χ1) is 9.40. The molecule has 1 aromatic carbocycles. The molecule has 0 fully saturated rings. The number of rotatable bonds is 4. The van der Waals surface area contributed by atoms with Crippen LogP contribution in [0.3, 0.4) is 0 Å². The lowest BCUT2D eigenvalue weighted by atomic mass is 10.1. The fraction of sp³-hybridized carbons (Fsp3) is 0.438. The fourth-order valence-corrected chi connectivity index (χ4v) is 2.26. The van der Waals surface area contributed by atoms with Gasteiger partial charge >= 0.3 is 0 Å². The molecule has 0 aliphatic heterocycles. The van der Waals surface area contributed by atoms with Crippen LogP contribution in [0.2, 0.25) is 0 Å². The maximum atomic E-state index is 6.03. The zero-order valence-electron chi connectivity index (χ0n) is 12.8. The van der Waals surface area contributed by atoms with Gasteiger partial charge in [0.2, 0.25) is 0 Å². The van der Waals surface area contributed by atoms with E-state index in [1.807, 2.05) is 17.8 Å². The average molecular weight is 272 g/mol. The second-order valence-corrected chi connectivity index (χ2v) is 6.09. The molecule has 20 heavy (non-hydrogen) atoms. The molecule has 4 nitrogen and oxygen atoms in total. The van der Waals surface area contributed by atoms with E-state index in [4.69, 9.17) is 5.73 Å². The molecule has 0 saturated heterocycles. The predicted molar refractivity (Wildman–Crippen MR) is 85.0 cm³/mol. The number of nitrogens with two attached hydrogens (primary N) is 1. The standard InChI is InChI=1S/C16H24N4/c1-16(2,3)20-15(17)11-14(19-20)9-8-12-6-5-7-13(10-12)18-4/h5-7,10-11,18H,8-9,17H2,1-4H3. The van der Waals surface area contributed by atoms with Gasteiger partial charge in [0.1, 0.15) is 5.82 Å². The topological polar surface area (TPSA) is 55.9 Å². The van der Waals surface area contributed by atoms with Gasteiger partial charge < -0.3 is 11.1 Å². The zero-order valence-corrected chi connectivity index (χ0v) is 12.8. The van der Waals surface area contributed by atoms with Crippen LogP contribution in [0.5, 0.6) is 0 Å². The van der Waals surface area contributed by atoms with Crippen LogP contribution in [0.4, 0.5) is 11.5 Å². The third kappa shape index (κ3) is 3.32. The van der Waals surface area contributed by atoms with E-state index in [1.165, 1.54) is 5.56 Å². The second-order valence-electron chi connectivity index (χ2n) is 6.09. The van der Waals surface area contributed by atoms with Crippen LogP contribution in [0.1, 0.15) is 32.0 Å². The van der Waals surface area contributed by atoms with E-state index in [1.54, 1.807) is 0 Å². The van der Waals surface area contributed by atoms with Crippen molar-refractivity contribution in [2.75, 3.05) is 18.1 Å². The fourth-order valence-electron chi connectivity index (χ4n) is 2.26. The van der Waals surface area contributed by atoms with Gasteiger partial charge in [0.15, 0.2) is 0 Å². The molecule has 1 aromatic heterocycles. The predicted octanol–water partition coefficient (Wildman–Crippen LogP) is 3.05. The van der Waals surface area contributed by atoms with Crippen molar-refractivity contribution >= 4 is 11.5 Å². The van der Waals surface area contributed by atoms with Crippen molar-refractivity contribution in [2.24, 2.45) is 0 Å². The van der Waals surface area contributed by atoms with Crippen LogP contribution >= 0.6 is 0 Å². The number of hydrogen-bond donors (Lipinski definition) is 2. The van der Waals surface area contributed by atoms with E-state index in [0.717, 1.165) is 30.0 Å². The van der Waals surface area contributed by atoms with Gasteiger partial charge in [-0.1, -0.05) is 12.1 Å². The van der Waals surface area contributed by atoms with Gasteiger partial charge in [-0.05, 0) is 51.3 Å². The third-order valence-electron chi connectivity index (χ3n) is 3.31. The van der Waals surface area contributed by atoms with Crippen molar-refractivity contribution in [3.05, 3.63) is 41.6 Å². The third-order valence-corrected chi connectivity index (χ3v) is 3.31. The molecule has 0 radical (unpaired) electrons. The molecular weight excluding hydrogens is 248 g/mol. The molecule has 0 aliphatic rings. The number of anilines is 2. The van der Waals surface area contributed by atoms with Crippen LogP contribution in [0.25, 0.3) is 0 Å². The summed E-state index contributed by atoms with van der Waals surface area (Å²) < 4.78 is 1.90. The molecule has 0 aliphatic carbocycles. The van der Waals surface area contributed by atoms with Gasteiger partial charge in [-0.3, -0.25) is 0 Å². The van der Waals surface area contributed by atoms with Crippen molar-refractivity contribution in [2.45, 2.75) is 39.2 Å². The number of nitrogens with one attached hydrogen (secondary N) is 1. The highest BCUT2D eigenvalue weighted by Gasteiger charge is 2.17. The van der Waals surface area contributed by atoms with Crippen molar-refractivity contribution in [1.82, 2.24) is 9.78 Å². The summed E-state index contributed by atoms with van der Waals surface area (Å²) in [6.45, 7) is 6.32. The Morgan fingerprint density at radius 1 is 1.20 bits per heavy atom. The molecule has 0 saturated carbocycles. The minimum atomic E-state index is -0.0750. The SMILES string of the molecule is CNc1cccc(CCc2cc(N)n(C(C)(C)C)n2)c1. The van der Waals surface area contributed by atoms with Crippen LogP contribution in [0.15, 0.2) is 30.3 Å². The largest absolute Gasteiger partial charge is 0.388 e. The van der Waals surface area contributed by atoms with E-state index >= 15 is 0 Å². The molecule has 0 atom stereocenters. The summed E-state index contributed by atoms with van der Waals surface area (Å²) in [6, 6.07) is 10.4. The first-order valence-corrected chi connectivity index (χ1v) is 7.02. The first kappa shape index (κ1) is 14.4. The summed E-state index contributed by atoms with van der Waals surface area (Å²) >= 11 is 0. The van der Waals surface area contributed by atoms with Crippen molar-refractivity contribution < 1.29 is 0 Å². The van der Waals surface area contributed by atoms with Gasteiger partial charge in [-0.25, -0.2) is 4.68 Å². The highest BCUT2D eigenvalue weighted by Crippen LogP contribution is 2.20. The Morgan fingerprint density at radius 3 is 2.55 bits per heavy atom. The van der Waals surface area contributed by atoms with E-state index < -0.39 is 0 Å². The monoisotopic (exact) mass is 272 g/mol. The molecule has 4 heteroatoms. The second kappa shape index (κ2) is 5.57. The lowest BCUT2D eigenvalue weighted by Gasteiger charge is -2.20. The number of nitrogens with zero attached hydrogens (tertiary/aromatic N) is 2. The van der Waals surface area contributed by atoms with Crippen molar-refractivity contribution in [3.8, 4) is 0 Å². The smallest absolute Gasteiger partial charge is 0.122 e. The van der Waals surface area contributed by atoms with Gasteiger partial charge in [0, 0.05) is 18.8 Å². The van der Waals surface area contributed by atoms with Crippen LogP contribution in [0, 0.1) is 0 Å². The lowest BCUT2D eigenvalue weighted by molar-refractivity contribution is 0.359. The molecule has 2 aromatic rings. The summed E-state index contributed by atoms with van der Waals surface area (Å²) in [5.41, 5.74) is 9.45. The maximum absolute atomic E-state index is 6.03. The van der Waals surface area contributed by atoms with Gasteiger partial charge in [-0.15, -0.1) is 0 Å². The lowest BCUT2D eigenvalue weighted by Crippen LogP contribution is -2.24. The number of aryl methyl sites for hydroxylation is 2. The van der Waals surface area contributed by atoms with Gasteiger partial charge in [0.05, 0.1) is 11.2 Å². The molecule has 0 spiro atoms. The van der Waals surface area contributed by atoms with Crippen molar-refractivity contribution in [3.63, 3.8) is 0 Å². The summed E-state index contributed by atoms with van der Waals surface area (Å²) in [5, 5.41) is 7.77. The van der Waals surface area contributed by atoms with Crippen LogP contribution < -0.4 is 11.1 Å². The van der Waals surface area contributed by atoms with Gasteiger partial charge in [-0.2, -0.15) is 5.10 Å². The summed E-state index contributed by atoms with van der Waals surface area (Å²) in [4.78, 5) is 0. The van der Waals surface area contributed by atoms with Crippen LogP contribution in [-0.2, 0) is 18.4 Å². The molecule has 2 rings (SSSR count). The average Bonchev–Trinajstić information content (AvgIpc) is 2.78. The maximum Gasteiger partial charge on any atom is 0.122 e. The molecule has 0 unspecified atom stereocenters. The normalized spacial score (nSPS) is 11.6. The quantitative estimate of drug-likeness (QED) is 0.899. The number of hydrogen-bond acceptors (Lipinski definition) is 3. The Hall–Kier alpha value is -1.97. The Bertz CT molecular complexity index is 578. The number of aromatic nitrogens is 2. The summed E-state index contributed by atoms with van der Waals surface area (Å²) in [5.74, 6) is 0.733. The molecule has 108 valence electrons. The van der Waals surface area contributed by atoms with E-state index in [2.05, 4.69) is 55.5 Å². The molecular formula is C16H24N4. The minimum Gasteiger partial charge on any atom is -0.388 e. The Morgan fingerprint density at radius 2 is 1.95 bits per heavy atom. The number of benzene rings is 1. The van der Waals surface area contributed by atoms with Crippen molar-refractivity contribution in [1.29, 1.82) is 0 Å². The highest BCUT2D eigenvalue weighted by molar-refractivity contribution is 5.45. The first-order valence-electron chi connectivity index (χ1n) is 7.02. The van der Waals surface area contributed by atoms with E-state index in [0.29, 0.717) is 0 Å². The van der Waals surface area contributed by atoms with Crippen LogP contribution in [-0.4, -0.2) is 16.8 Å². The molecule has 3 N–H and O–H groups in total. The van der Waals surface area contributed by atoms with E-state index in [-0.39, 0.29) is 5.54 Å². The Labute approximate surface area is 121 Å². The number of nitrogen functional groups attached to an aromatic ring is 1. The Balaban J connectivity index is 2.07.